The van der Waals surface area contributed by atoms with Gasteiger partial charge in [0.1, 0.15) is 6.10 Å². The Morgan fingerprint density at radius 3 is 2.53 bits per heavy atom. The highest BCUT2D eigenvalue weighted by Crippen LogP contribution is 2.41. The Hall–Kier alpha value is -3.50. The van der Waals surface area contributed by atoms with Gasteiger partial charge in [0, 0.05) is 24.9 Å². The van der Waals surface area contributed by atoms with Crippen LogP contribution < -0.4 is 4.74 Å². The van der Waals surface area contributed by atoms with Crippen molar-refractivity contribution in [2.24, 2.45) is 0 Å². The van der Waals surface area contributed by atoms with E-state index >= 15 is 0 Å². The Morgan fingerprint density at radius 2 is 1.84 bits per heavy atom. The van der Waals surface area contributed by atoms with E-state index in [9.17, 15) is 18.0 Å². The fourth-order valence-corrected chi connectivity index (χ4v) is 4.50. The van der Waals surface area contributed by atoms with E-state index < -0.39 is 11.7 Å². The molecule has 5 rings (SSSR count). The van der Waals surface area contributed by atoms with E-state index in [-0.39, 0.29) is 30.1 Å². The number of ether oxygens (including phenoxy) is 1. The van der Waals surface area contributed by atoms with Crippen LogP contribution in [0, 0.1) is 6.92 Å². The second kappa shape index (κ2) is 7.57. The van der Waals surface area contributed by atoms with Crippen molar-refractivity contribution in [2.45, 2.75) is 50.6 Å². The Balaban J connectivity index is 1.37. The molecular formula is C21H19F3N6O2. The summed E-state index contributed by atoms with van der Waals surface area (Å²) < 4.78 is 44.0. The lowest BCUT2D eigenvalue weighted by atomic mass is 9.98. The van der Waals surface area contributed by atoms with Crippen molar-refractivity contribution in [3.05, 3.63) is 59.7 Å². The van der Waals surface area contributed by atoms with E-state index in [1.807, 2.05) is 24.0 Å². The smallest absolute Gasteiger partial charge is 0.419 e. The molecule has 1 aromatic carbocycles. The lowest BCUT2D eigenvalue weighted by Gasteiger charge is -2.25. The maximum absolute atomic E-state index is 13.5. The molecule has 2 aliphatic heterocycles. The highest BCUT2D eigenvalue weighted by Gasteiger charge is 2.50. The van der Waals surface area contributed by atoms with Crippen molar-refractivity contribution < 1.29 is 22.7 Å². The number of nitrogens with zero attached hydrogens (tertiary/aromatic N) is 6. The van der Waals surface area contributed by atoms with E-state index in [4.69, 9.17) is 4.74 Å². The fraction of sp³-hybridized carbons (Fsp3) is 0.381. The Bertz CT molecular complexity index is 1130. The van der Waals surface area contributed by atoms with Gasteiger partial charge in [-0.1, -0.05) is 6.07 Å². The second-order valence-corrected chi connectivity index (χ2v) is 7.99. The number of fused-ring (bicyclic) bond motifs is 2. The van der Waals surface area contributed by atoms with Crippen LogP contribution in [0.15, 0.2) is 43.0 Å². The number of rotatable bonds is 4. The van der Waals surface area contributed by atoms with Crippen LogP contribution in [0.5, 0.6) is 6.01 Å². The SMILES string of the molecule is Cc1ccc(C(=O)N2C3CCC2C(Oc2ncc(C(F)(F)F)cn2)C3)c(-n2nccn2)c1. The first kappa shape index (κ1) is 20.4. The number of carbonyl (C=O) groups excluding carboxylic acids is 1. The van der Waals surface area contributed by atoms with Crippen molar-refractivity contribution in [3.63, 3.8) is 0 Å². The van der Waals surface area contributed by atoms with Gasteiger partial charge >= 0.3 is 12.2 Å². The van der Waals surface area contributed by atoms with E-state index in [1.165, 1.54) is 4.80 Å². The molecule has 0 saturated carbocycles. The van der Waals surface area contributed by atoms with Crippen LogP contribution in [-0.2, 0) is 6.18 Å². The van der Waals surface area contributed by atoms with Crippen LogP contribution in [0.3, 0.4) is 0 Å². The number of halogens is 3. The van der Waals surface area contributed by atoms with E-state index in [0.29, 0.717) is 30.1 Å². The number of hydrogen-bond donors (Lipinski definition) is 0. The molecule has 0 N–H and O–H groups in total. The molecule has 0 radical (unpaired) electrons. The van der Waals surface area contributed by atoms with Gasteiger partial charge in [-0.15, -0.1) is 0 Å². The highest BCUT2D eigenvalue weighted by molar-refractivity contribution is 5.98. The molecule has 4 heterocycles. The number of alkyl halides is 3. The van der Waals surface area contributed by atoms with Crippen molar-refractivity contribution in [1.82, 2.24) is 29.9 Å². The average Bonchev–Trinajstić information content (AvgIpc) is 3.49. The predicted molar refractivity (Wildman–Crippen MR) is 105 cm³/mol. The van der Waals surface area contributed by atoms with E-state index in [1.54, 1.807) is 18.5 Å². The molecular weight excluding hydrogens is 425 g/mol. The van der Waals surface area contributed by atoms with Crippen LogP contribution in [-0.4, -0.2) is 54.0 Å². The zero-order valence-electron chi connectivity index (χ0n) is 17.0. The van der Waals surface area contributed by atoms with Crippen molar-refractivity contribution in [3.8, 4) is 11.7 Å². The molecule has 0 spiro atoms. The largest absolute Gasteiger partial charge is 0.458 e. The summed E-state index contributed by atoms with van der Waals surface area (Å²) in [4.78, 5) is 24.2. The molecule has 11 heteroatoms. The summed E-state index contributed by atoms with van der Waals surface area (Å²) >= 11 is 0. The molecule has 2 saturated heterocycles. The third-order valence-corrected chi connectivity index (χ3v) is 5.94. The van der Waals surface area contributed by atoms with Gasteiger partial charge in [0.25, 0.3) is 5.91 Å². The Labute approximate surface area is 181 Å². The summed E-state index contributed by atoms with van der Waals surface area (Å²) in [6, 6.07) is 5.13. The van der Waals surface area contributed by atoms with Crippen molar-refractivity contribution in [2.75, 3.05) is 0 Å². The number of amides is 1. The molecule has 3 aromatic rings. The molecule has 3 atom stereocenters. The summed E-state index contributed by atoms with van der Waals surface area (Å²) in [5, 5.41) is 8.32. The minimum absolute atomic E-state index is 0.0216. The molecule has 3 unspecified atom stereocenters. The summed E-state index contributed by atoms with van der Waals surface area (Å²) in [6.45, 7) is 1.93. The highest BCUT2D eigenvalue weighted by atomic mass is 19.4. The molecule has 8 nitrogen and oxygen atoms in total. The first-order valence-corrected chi connectivity index (χ1v) is 10.2. The summed E-state index contributed by atoms with van der Waals surface area (Å²) in [5.41, 5.74) is 1.11. The van der Waals surface area contributed by atoms with Gasteiger partial charge in [-0.25, -0.2) is 9.97 Å². The zero-order chi connectivity index (χ0) is 22.5. The van der Waals surface area contributed by atoms with Gasteiger partial charge in [-0.3, -0.25) is 4.79 Å². The Morgan fingerprint density at radius 1 is 1.12 bits per heavy atom. The van der Waals surface area contributed by atoms with Gasteiger partial charge in [0.05, 0.1) is 35.2 Å². The Kier molecular flexibility index (Phi) is 4.83. The van der Waals surface area contributed by atoms with Gasteiger partial charge < -0.3 is 9.64 Å². The lowest BCUT2D eigenvalue weighted by Crippen LogP contribution is -2.39. The molecule has 0 aliphatic carbocycles. The fourth-order valence-electron chi connectivity index (χ4n) is 4.50. The van der Waals surface area contributed by atoms with Gasteiger partial charge in [0.15, 0.2) is 0 Å². The number of aryl methyl sites for hydroxylation is 1. The van der Waals surface area contributed by atoms with Crippen LogP contribution >= 0.6 is 0 Å². The van der Waals surface area contributed by atoms with Gasteiger partial charge in [0.2, 0.25) is 0 Å². The quantitative estimate of drug-likeness (QED) is 0.614. The maximum Gasteiger partial charge on any atom is 0.419 e. The van der Waals surface area contributed by atoms with Crippen LogP contribution in [0.1, 0.15) is 40.7 Å². The number of carbonyl (C=O) groups is 1. The third kappa shape index (κ3) is 3.57. The molecule has 2 bridgehead atoms. The molecule has 2 fully saturated rings. The van der Waals surface area contributed by atoms with E-state index in [0.717, 1.165) is 18.4 Å². The molecule has 2 aromatic heterocycles. The second-order valence-electron chi connectivity index (χ2n) is 7.99. The molecule has 2 aliphatic rings. The van der Waals surface area contributed by atoms with E-state index in [2.05, 4.69) is 20.2 Å². The molecule has 1 amide bonds. The number of aromatic nitrogens is 5. The monoisotopic (exact) mass is 444 g/mol. The molecule has 166 valence electrons. The normalized spacial score (nSPS) is 22.4. The topological polar surface area (TPSA) is 86.0 Å². The van der Waals surface area contributed by atoms with Crippen molar-refractivity contribution in [1.29, 1.82) is 0 Å². The maximum atomic E-state index is 13.5. The van der Waals surface area contributed by atoms with Crippen LogP contribution in [0.4, 0.5) is 13.2 Å². The minimum Gasteiger partial charge on any atom is -0.458 e. The summed E-state index contributed by atoms with van der Waals surface area (Å²) in [7, 11) is 0. The standard InChI is InChI=1S/C21H19F3N6O2/c1-12-2-4-15(17(8-12)30-27-6-7-28-30)19(31)29-14-3-5-16(29)18(9-14)32-20-25-10-13(11-26-20)21(22,23)24/h2,4,6-8,10-11,14,16,18H,3,5,9H2,1H3. The van der Waals surface area contributed by atoms with Crippen LogP contribution in [0.25, 0.3) is 5.69 Å². The first-order chi connectivity index (χ1) is 15.3. The summed E-state index contributed by atoms with van der Waals surface area (Å²) in [5.74, 6) is -0.149. The lowest BCUT2D eigenvalue weighted by molar-refractivity contribution is -0.138. The average molecular weight is 444 g/mol. The number of benzene rings is 1. The third-order valence-electron chi connectivity index (χ3n) is 5.94. The number of hydrogen-bond acceptors (Lipinski definition) is 6. The zero-order valence-corrected chi connectivity index (χ0v) is 17.0. The van der Waals surface area contributed by atoms with Crippen molar-refractivity contribution >= 4 is 5.91 Å². The van der Waals surface area contributed by atoms with Gasteiger partial charge in [-0.05, 0) is 37.5 Å². The minimum atomic E-state index is -4.51. The molecule has 32 heavy (non-hydrogen) atoms. The van der Waals surface area contributed by atoms with Gasteiger partial charge in [-0.2, -0.15) is 28.2 Å². The van der Waals surface area contributed by atoms with Crippen LogP contribution in [0.2, 0.25) is 0 Å². The first-order valence-electron chi connectivity index (χ1n) is 10.2. The summed E-state index contributed by atoms with van der Waals surface area (Å²) in [6.07, 6.45) is 1.75. The predicted octanol–water partition coefficient (Wildman–Crippen LogP) is 3.21.